The Bertz CT molecular complexity index is 121. The maximum Gasteiger partial charge on any atom is 0.234 e. The first-order valence-corrected chi connectivity index (χ1v) is 4.47. The van der Waals surface area contributed by atoms with Crippen LogP contribution in [0.1, 0.15) is 13.3 Å². The largest absolute Gasteiger partial charge is 0.396 e. The van der Waals surface area contributed by atoms with Crippen molar-refractivity contribution in [1.82, 2.24) is 5.43 Å². The number of amides is 1. The number of rotatable bonds is 5. The van der Waals surface area contributed by atoms with Gasteiger partial charge in [-0.15, -0.1) is 0 Å². The first-order chi connectivity index (χ1) is 5.20. The molecule has 0 saturated carbocycles. The van der Waals surface area contributed by atoms with Gasteiger partial charge in [-0.2, -0.15) is 11.8 Å². The predicted octanol–water partition coefficient (Wildman–Crippen LogP) is -0.520. The summed E-state index contributed by atoms with van der Waals surface area (Å²) in [4.78, 5) is 10.7. The van der Waals surface area contributed by atoms with Crippen LogP contribution in [0.4, 0.5) is 0 Å². The fourth-order valence-electron chi connectivity index (χ4n) is 0.633. The summed E-state index contributed by atoms with van der Waals surface area (Å²) in [5, 5.41) is 8.67. The molecule has 0 radical (unpaired) electrons. The summed E-state index contributed by atoms with van der Waals surface area (Å²) in [6.45, 7) is 2.08. The van der Waals surface area contributed by atoms with Crippen molar-refractivity contribution in [2.45, 2.75) is 18.6 Å². The number of nitrogens with two attached hydrogens (primary N) is 1. The molecule has 0 aliphatic carbocycles. The van der Waals surface area contributed by atoms with Crippen LogP contribution in [0.5, 0.6) is 0 Å². The Kier molecular flexibility index (Phi) is 6.30. The lowest BCUT2D eigenvalue weighted by Crippen LogP contribution is -2.31. The van der Waals surface area contributed by atoms with E-state index < -0.39 is 0 Å². The molecule has 1 unspecified atom stereocenters. The zero-order valence-corrected chi connectivity index (χ0v) is 7.36. The number of hydrogen-bond acceptors (Lipinski definition) is 4. The van der Waals surface area contributed by atoms with Crippen LogP contribution in [0, 0.1) is 0 Å². The molecule has 0 saturated heterocycles. The summed E-state index contributed by atoms with van der Waals surface area (Å²) in [5.74, 6) is 5.39. The van der Waals surface area contributed by atoms with E-state index in [1.165, 1.54) is 0 Å². The first-order valence-electron chi connectivity index (χ1n) is 3.42. The van der Waals surface area contributed by atoms with Gasteiger partial charge in [-0.25, -0.2) is 5.84 Å². The van der Waals surface area contributed by atoms with Gasteiger partial charge in [0.05, 0.1) is 6.61 Å². The van der Waals surface area contributed by atoms with E-state index in [0.29, 0.717) is 12.2 Å². The van der Waals surface area contributed by atoms with E-state index in [1.54, 1.807) is 11.8 Å². The van der Waals surface area contributed by atoms with Crippen molar-refractivity contribution in [3.63, 3.8) is 0 Å². The fraction of sp³-hybridized carbons (Fsp3) is 0.833. The molecule has 0 heterocycles. The van der Waals surface area contributed by atoms with E-state index in [0.717, 1.165) is 0 Å². The summed E-state index contributed by atoms with van der Waals surface area (Å²) in [6.07, 6.45) is 0.404. The van der Waals surface area contributed by atoms with Crippen molar-refractivity contribution < 1.29 is 9.90 Å². The second-order valence-electron chi connectivity index (χ2n) is 2.18. The Labute approximate surface area is 70.5 Å². The molecule has 1 amide bonds. The molecule has 0 aromatic rings. The van der Waals surface area contributed by atoms with E-state index in [4.69, 9.17) is 10.9 Å². The van der Waals surface area contributed by atoms with Gasteiger partial charge in [0.1, 0.15) is 0 Å². The molecule has 5 heteroatoms. The molecule has 0 fully saturated rings. The van der Waals surface area contributed by atoms with Crippen LogP contribution in [-0.4, -0.2) is 28.6 Å². The summed E-state index contributed by atoms with van der Waals surface area (Å²) in [5.41, 5.74) is 2.06. The first kappa shape index (κ1) is 10.7. The number of aliphatic hydroxyl groups is 1. The maximum atomic E-state index is 10.7. The lowest BCUT2D eigenvalue weighted by molar-refractivity contribution is -0.121. The van der Waals surface area contributed by atoms with Gasteiger partial charge in [0.2, 0.25) is 5.91 Å². The normalized spacial score (nSPS) is 12.6. The topological polar surface area (TPSA) is 75.4 Å². The minimum atomic E-state index is -0.164. The third-order valence-corrected chi connectivity index (χ3v) is 2.28. The van der Waals surface area contributed by atoms with Crippen molar-refractivity contribution in [2.24, 2.45) is 5.84 Å². The summed E-state index contributed by atoms with van der Waals surface area (Å²) >= 11 is 1.55. The molecule has 4 N–H and O–H groups in total. The monoisotopic (exact) mass is 178 g/mol. The van der Waals surface area contributed by atoms with E-state index in [-0.39, 0.29) is 17.8 Å². The average molecular weight is 178 g/mol. The number of nitrogens with one attached hydrogen (secondary N) is 1. The standard InChI is InChI=1S/C6H14N2O2S/c1-5(11-3-2-9)4-6(10)8-7/h5,9H,2-4,7H2,1H3,(H,8,10). The molecule has 0 aromatic carbocycles. The Morgan fingerprint density at radius 1 is 1.82 bits per heavy atom. The van der Waals surface area contributed by atoms with E-state index in [9.17, 15) is 4.79 Å². The van der Waals surface area contributed by atoms with Crippen molar-refractivity contribution in [3.05, 3.63) is 0 Å². The fourth-order valence-corrected chi connectivity index (χ4v) is 1.41. The van der Waals surface area contributed by atoms with E-state index in [1.807, 2.05) is 6.92 Å². The van der Waals surface area contributed by atoms with Crippen LogP contribution in [0.3, 0.4) is 0 Å². The van der Waals surface area contributed by atoms with Gasteiger partial charge in [0, 0.05) is 17.4 Å². The van der Waals surface area contributed by atoms with Crippen molar-refractivity contribution in [1.29, 1.82) is 0 Å². The van der Waals surface area contributed by atoms with Crippen molar-refractivity contribution in [3.8, 4) is 0 Å². The molecule has 1 atom stereocenters. The predicted molar refractivity (Wildman–Crippen MR) is 46.0 cm³/mol. The SMILES string of the molecule is CC(CC(=O)NN)SCCO. The molecule has 0 aromatic heterocycles. The number of aliphatic hydroxyl groups excluding tert-OH is 1. The molecule has 11 heavy (non-hydrogen) atoms. The Morgan fingerprint density at radius 2 is 2.45 bits per heavy atom. The smallest absolute Gasteiger partial charge is 0.234 e. The number of carbonyl (C=O) groups is 1. The van der Waals surface area contributed by atoms with Gasteiger partial charge in [-0.05, 0) is 0 Å². The third-order valence-electron chi connectivity index (χ3n) is 1.13. The molecule has 0 aliphatic heterocycles. The number of carbonyl (C=O) groups excluding carboxylic acids is 1. The number of hydrazine groups is 1. The lowest BCUT2D eigenvalue weighted by Gasteiger charge is -2.07. The van der Waals surface area contributed by atoms with Gasteiger partial charge in [0.15, 0.2) is 0 Å². The van der Waals surface area contributed by atoms with Gasteiger partial charge < -0.3 is 5.11 Å². The number of hydrogen-bond donors (Lipinski definition) is 3. The highest BCUT2D eigenvalue weighted by atomic mass is 32.2. The van der Waals surface area contributed by atoms with Crippen molar-refractivity contribution >= 4 is 17.7 Å². The lowest BCUT2D eigenvalue weighted by atomic mass is 10.3. The molecule has 0 bridgehead atoms. The highest BCUT2D eigenvalue weighted by molar-refractivity contribution is 7.99. The summed E-state index contributed by atoms with van der Waals surface area (Å²) in [6, 6.07) is 0. The summed E-state index contributed by atoms with van der Waals surface area (Å²) < 4.78 is 0. The van der Waals surface area contributed by atoms with E-state index in [2.05, 4.69) is 5.43 Å². The molecular weight excluding hydrogens is 164 g/mol. The molecule has 0 spiro atoms. The van der Waals surface area contributed by atoms with E-state index >= 15 is 0 Å². The quantitative estimate of drug-likeness (QED) is 0.301. The van der Waals surface area contributed by atoms with Gasteiger partial charge >= 0.3 is 0 Å². The second kappa shape index (κ2) is 6.45. The molecular formula is C6H14N2O2S. The van der Waals surface area contributed by atoms with Crippen LogP contribution in [0.15, 0.2) is 0 Å². The average Bonchev–Trinajstić information content (AvgIpc) is 2.00. The highest BCUT2D eigenvalue weighted by Gasteiger charge is 2.06. The Morgan fingerprint density at radius 3 is 2.91 bits per heavy atom. The Hall–Kier alpha value is -0.260. The van der Waals surface area contributed by atoms with Crippen LogP contribution in [-0.2, 0) is 4.79 Å². The maximum absolute atomic E-state index is 10.7. The zero-order chi connectivity index (χ0) is 8.69. The Balaban J connectivity index is 3.35. The summed E-state index contributed by atoms with van der Waals surface area (Å²) in [7, 11) is 0. The van der Waals surface area contributed by atoms with Crippen LogP contribution in [0.25, 0.3) is 0 Å². The van der Waals surface area contributed by atoms with Gasteiger partial charge in [0.25, 0.3) is 0 Å². The molecule has 0 aliphatic rings. The molecule has 0 rings (SSSR count). The second-order valence-corrected chi connectivity index (χ2v) is 3.72. The van der Waals surface area contributed by atoms with Crippen LogP contribution in [0.2, 0.25) is 0 Å². The van der Waals surface area contributed by atoms with Gasteiger partial charge in [-0.1, -0.05) is 6.92 Å². The zero-order valence-electron chi connectivity index (χ0n) is 6.54. The van der Waals surface area contributed by atoms with Gasteiger partial charge in [-0.3, -0.25) is 10.2 Å². The van der Waals surface area contributed by atoms with Crippen LogP contribution < -0.4 is 11.3 Å². The van der Waals surface area contributed by atoms with Crippen molar-refractivity contribution in [2.75, 3.05) is 12.4 Å². The molecule has 66 valence electrons. The minimum absolute atomic E-state index is 0.152. The number of thioether (sulfide) groups is 1. The third kappa shape index (κ3) is 6.15. The minimum Gasteiger partial charge on any atom is -0.396 e. The highest BCUT2D eigenvalue weighted by Crippen LogP contribution is 2.12. The van der Waals surface area contributed by atoms with Crippen LogP contribution >= 0.6 is 11.8 Å². The molecule has 4 nitrogen and oxygen atoms in total.